The smallest absolute Gasteiger partial charge is 0.223 e. The molecule has 0 aromatic carbocycles. The summed E-state index contributed by atoms with van der Waals surface area (Å²) in [6, 6.07) is 3.00. The summed E-state index contributed by atoms with van der Waals surface area (Å²) in [4.78, 5) is 14.8. The van der Waals surface area contributed by atoms with E-state index >= 15 is 0 Å². The van der Waals surface area contributed by atoms with Crippen molar-refractivity contribution in [1.82, 2.24) is 10.3 Å². The summed E-state index contributed by atoms with van der Waals surface area (Å²) < 4.78 is 12.5. The molecule has 1 aliphatic rings. The number of halogens is 1. The molecule has 1 aliphatic heterocycles. The molecule has 1 saturated heterocycles. The monoisotopic (exact) mass is 194 g/mol. The van der Waals surface area contributed by atoms with E-state index in [0.29, 0.717) is 6.42 Å². The zero-order chi connectivity index (χ0) is 9.97. The summed E-state index contributed by atoms with van der Waals surface area (Å²) in [5.74, 6) is -0.360. The van der Waals surface area contributed by atoms with Crippen LogP contribution in [0.5, 0.6) is 0 Å². The maximum Gasteiger partial charge on any atom is 0.223 e. The molecule has 1 N–H and O–H groups in total. The molecule has 0 aliphatic carbocycles. The molecule has 1 aromatic heterocycles. The van der Waals surface area contributed by atoms with E-state index in [9.17, 15) is 9.18 Å². The zero-order valence-electron chi connectivity index (χ0n) is 7.66. The SMILES string of the molecule is O=C1NCC[C@@H]1Cc1ccc(F)nc1. The summed E-state index contributed by atoms with van der Waals surface area (Å²) >= 11 is 0. The number of nitrogens with one attached hydrogen (secondary N) is 1. The van der Waals surface area contributed by atoms with E-state index in [1.807, 2.05) is 0 Å². The van der Waals surface area contributed by atoms with Crippen molar-refractivity contribution >= 4 is 5.91 Å². The standard InChI is InChI=1S/C10H11FN2O/c11-9-2-1-7(6-13-9)5-8-3-4-12-10(8)14/h1-2,6,8H,3-5H2,(H,12,14)/t8-/m1/s1. The number of hydrogen-bond acceptors (Lipinski definition) is 2. The minimum atomic E-state index is -0.482. The Morgan fingerprint density at radius 3 is 3.00 bits per heavy atom. The molecule has 1 atom stereocenters. The Morgan fingerprint density at radius 2 is 2.43 bits per heavy atom. The average Bonchev–Trinajstić information content (AvgIpc) is 2.56. The fourth-order valence-electron chi connectivity index (χ4n) is 1.65. The van der Waals surface area contributed by atoms with E-state index in [2.05, 4.69) is 10.3 Å². The van der Waals surface area contributed by atoms with E-state index in [4.69, 9.17) is 0 Å². The van der Waals surface area contributed by atoms with Gasteiger partial charge in [0.05, 0.1) is 0 Å². The van der Waals surface area contributed by atoms with Gasteiger partial charge >= 0.3 is 0 Å². The van der Waals surface area contributed by atoms with Crippen LogP contribution in [0, 0.1) is 11.9 Å². The van der Waals surface area contributed by atoms with Crippen LogP contribution >= 0.6 is 0 Å². The normalized spacial score (nSPS) is 20.9. The average molecular weight is 194 g/mol. The molecule has 1 amide bonds. The molecule has 1 fully saturated rings. The molecular formula is C10H11FN2O. The highest BCUT2D eigenvalue weighted by molar-refractivity contribution is 5.80. The largest absolute Gasteiger partial charge is 0.356 e. The number of amides is 1. The molecule has 1 aromatic rings. The molecule has 3 nitrogen and oxygen atoms in total. The molecule has 0 radical (unpaired) electrons. The van der Waals surface area contributed by atoms with Gasteiger partial charge in [0, 0.05) is 18.7 Å². The highest BCUT2D eigenvalue weighted by Gasteiger charge is 2.23. The predicted molar refractivity (Wildman–Crippen MR) is 49.0 cm³/mol. The van der Waals surface area contributed by atoms with Crippen LogP contribution in [-0.2, 0) is 11.2 Å². The Balaban J connectivity index is 2.03. The second-order valence-electron chi connectivity index (χ2n) is 3.47. The number of hydrogen-bond donors (Lipinski definition) is 1. The molecular weight excluding hydrogens is 183 g/mol. The molecule has 2 heterocycles. The highest BCUT2D eigenvalue weighted by atomic mass is 19.1. The van der Waals surface area contributed by atoms with Gasteiger partial charge in [-0.2, -0.15) is 4.39 Å². The highest BCUT2D eigenvalue weighted by Crippen LogP contribution is 2.15. The minimum Gasteiger partial charge on any atom is -0.356 e. The zero-order valence-corrected chi connectivity index (χ0v) is 7.66. The van der Waals surface area contributed by atoms with Gasteiger partial charge < -0.3 is 5.32 Å². The van der Waals surface area contributed by atoms with Gasteiger partial charge in [-0.1, -0.05) is 6.07 Å². The lowest BCUT2D eigenvalue weighted by atomic mass is 9.99. The minimum absolute atomic E-state index is 0.0299. The van der Waals surface area contributed by atoms with Crippen LogP contribution < -0.4 is 5.32 Å². The van der Waals surface area contributed by atoms with Gasteiger partial charge in [-0.3, -0.25) is 4.79 Å². The summed E-state index contributed by atoms with van der Waals surface area (Å²) in [7, 11) is 0. The number of nitrogens with zero attached hydrogens (tertiary/aromatic N) is 1. The molecule has 0 unspecified atom stereocenters. The second-order valence-corrected chi connectivity index (χ2v) is 3.47. The number of rotatable bonds is 2. The Bertz CT molecular complexity index is 336. The Kier molecular flexibility index (Phi) is 2.43. The third-order valence-electron chi connectivity index (χ3n) is 2.43. The first-order chi connectivity index (χ1) is 6.75. The fourth-order valence-corrected chi connectivity index (χ4v) is 1.65. The fraction of sp³-hybridized carbons (Fsp3) is 0.400. The van der Waals surface area contributed by atoms with Crippen LogP contribution in [0.1, 0.15) is 12.0 Å². The lowest BCUT2D eigenvalue weighted by Gasteiger charge is -2.05. The first kappa shape index (κ1) is 9.12. The van der Waals surface area contributed by atoms with Crippen LogP contribution in [0.4, 0.5) is 4.39 Å². The molecule has 0 spiro atoms. The van der Waals surface area contributed by atoms with Crippen molar-refractivity contribution < 1.29 is 9.18 Å². The van der Waals surface area contributed by atoms with E-state index in [1.165, 1.54) is 12.3 Å². The molecule has 4 heteroatoms. The van der Waals surface area contributed by atoms with Gasteiger partial charge in [0.15, 0.2) is 0 Å². The lowest BCUT2D eigenvalue weighted by Crippen LogP contribution is -2.20. The van der Waals surface area contributed by atoms with Crippen molar-refractivity contribution in [3.8, 4) is 0 Å². The molecule has 2 rings (SSSR count). The maximum atomic E-state index is 12.5. The summed E-state index contributed by atoms with van der Waals surface area (Å²) in [6.07, 6.45) is 3.00. The molecule has 74 valence electrons. The summed E-state index contributed by atoms with van der Waals surface area (Å²) in [6.45, 7) is 0.748. The number of carbonyl (C=O) groups is 1. The number of pyridine rings is 1. The third-order valence-corrected chi connectivity index (χ3v) is 2.43. The van der Waals surface area contributed by atoms with Crippen LogP contribution in [0.3, 0.4) is 0 Å². The van der Waals surface area contributed by atoms with Crippen molar-refractivity contribution in [1.29, 1.82) is 0 Å². The third kappa shape index (κ3) is 1.89. The molecule has 14 heavy (non-hydrogen) atoms. The van der Waals surface area contributed by atoms with Crippen molar-refractivity contribution in [3.63, 3.8) is 0 Å². The Labute approximate surface area is 81.3 Å². The van der Waals surface area contributed by atoms with E-state index in [0.717, 1.165) is 18.5 Å². The van der Waals surface area contributed by atoms with Crippen LogP contribution in [-0.4, -0.2) is 17.4 Å². The first-order valence-corrected chi connectivity index (χ1v) is 4.64. The van der Waals surface area contributed by atoms with Gasteiger partial charge in [0.25, 0.3) is 0 Å². The molecule has 0 saturated carbocycles. The Hall–Kier alpha value is -1.45. The van der Waals surface area contributed by atoms with Gasteiger partial charge in [0.1, 0.15) is 0 Å². The second kappa shape index (κ2) is 3.74. The summed E-state index contributed by atoms with van der Waals surface area (Å²) in [5.41, 5.74) is 0.911. The lowest BCUT2D eigenvalue weighted by molar-refractivity contribution is -0.122. The number of carbonyl (C=O) groups excluding carboxylic acids is 1. The Morgan fingerprint density at radius 1 is 1.57 bits per heavy atom. The van der Waals surface area contributed by atoms with Crippen molar-refractivity contribution in [2.24, 2.45) is 5.92 Å². The van der Waals surface area contributed by atoms with Crippen molar-refractivity contribution in [2.45, 2.75) is 12.8 Å². The maximum absolute atomic E-state index is 12.5. The number of aromatic nitrogens is 1. The summed E-state index contributed by atoms with van der Waals surface area (Å²) in [5, 5.41) is 2.77. The molecule has 0 bridgehead atoms. The van der Waals surface area contributed by atoms with Gasteiger partial charge in [-0.25, -0.2) is 4.98 Å². The van der Waals surface area contributed by atoms with E-state index in [1.54, 1.807) is 6.07 Å². The van der Waals surface area contributed by atoms with Crippen LogP contribution in [0.15, 0.2) is 18.3 Å². The van der Waals surface area contributed by atoms with Crippen molar-refractivity contribution in [2.75, 3.05) is 6.54 Å². The van der Waals surface area contributed by atoms with E-state index in [-0.39, 0.29) is 11.8 Å². The van der Waals surface area contributed by atoms with E-state index < -0.39 is 5.95 Å². The van der Waals surface area contributed by atoms with Crippen LogP contribution in [0.25, 0.3) is 0 Å². The van der Waals surface area contributed by atoms with Crippen LogP contribution in [0.2, 0.25) is 0 Å². The van der Waals surface area contributed by atoms with Gasteiger partial charge in [-0.05, 0) is 24.5 Å². The predicted octanol–water partition coefficient (Wildman–Crippen LogP) is 0.899. The topological polar surface area (TPSA) is 42.0 Å². The first-order valence-electron chi connectivity index (χ1n) is 4.64. The van der Waals surface area contributed by atoms with Gasteiger partial charge in [-0.15, -0.1) is 0 Å². The quantitative estimate of drug-likeness (QED) is 0.711. The van der Waals surface area contributed by atoms with Crippen molar-refractivity contribution in [3.05, 3.63) is 29.8 Å². The van der Waals surface area contributed by atoms with Gasteiger partial charge in [0.2, 0.25) is 11.9 Å².